The molecule has 25 heavy (non-hydrogen) atoms. The Morgan fingerprint density at radius 2 is 2.00 bits per heavy atom. The molecule has 7 heteroatoms. The van der Waals surface area contributed by atoms with E-state index >= 15 is 0 Å². The molecule has 0 spiro atoms. The van der Waals surface area contributed by atoms with Crippen LogP contribution in [0.25, 0.3) is 0 Å². The van der Waals surface area contributed by atoms with Crippen LogP contribution in [-0.4, -0.2) is 53.8 Å². The molecule has 0 aliphatic carbocycles. The average Bonchev–Trinajstić information content (AvgIpc) is 2.93. The number of aromatic nitrogens is 1. The molecule has 0 saturated carbocycles. The van der Waals surface area contributed by atoms with Gasteiger partial charge in [-0.25, -0.2) is 14.6 Å². The highest BCUT2D eigenvalue weighted by atomic mass is 16.6. The van der Waals surface area contributed by atoms with Crippen molar-refractivity contribution < 1.29 is 19.1 Å². The number of rotatable bonds is 3. The monoisotopic (exact) mass is 349 g/mol. The standard InChI is InChI=1S/C18H27N3O4/c1-11-9-14(19-12(2)15(11)16(22)24-6)20-13-7-8-21(10-13)17(23)25-18(3,4)5/h9,13H,7-8,10H2,1-6H3,(H,19,20)/t13-/m1/s1. The van der Waals surface area contributed by atoms with E-state index in [-0.39, 0.29) is 18.1 Å². The van der Waals surface area contributed by atoms with Gasteiger partial charge in [0, 0.05) is 19.1 Å². The van der Waals surface area contributed by atoms with Crippen LogP contribution in [0.5, 0.6) is 0 Å². The predicted octanol–water partition coefficient (Wildman–Crippen LogP) is 2.91. The minimum atomic E-state index is -0.498. The second-order valence-corrected chi connectivity index (χ2v) is 7.33. The normalized spacial score (nSPS) is 17.4. The van der Waals surface area contributed by atoms with Gasteiger partial charge in [0.1, 0.15) is 11.4 Å². The van der Waals surface area contributed by atoms with Crippen LogP contribution in [0.2, 0.25) is 0 Å². The first-order valence-corrected chi connectivity index (χ1v) is 8.41. The number of pyridine rings is 1. The first-order chi connectivity index (χ1) is 11.6. The molecule has 0 aromatic carbocycles. The van der Waals surface area contributed by atoms with Crippen molar-refractivity contribution >= 4 is 17.9 Å². The summed E-state index contributed by atoms with van der Waals surface area (Å²) in [6.07, 6.45) is 0.524. The Morgan fingerprint density at radius 3 is 2.56 bits per heavy atom. The van der Waals surface area contributed by atoms with E-state index in [1.54, 1.807) is 11.8 Å². The van der Waals surface area contributed by atoms with E-state index in [0.717, 1.165) is 12.0 Å². The third kappa shape index (κ3) is 4.84. The zero-order valence-electron chi connectivity index (χ0n) is 15.8. The van der Waals surface area contributed by atoms with E-state index in [4.69, 9.17) is 9.47 Å². The zero-order valence-corrected chi connectivity index (χ0v) is 15.8. The van der Waals surface area contributed by atoms with Gasteiger partial charge in [-0.2, -0.15) is 0 Å². The topological polar surface area (TPSA) is 80.8 Å². The Bertz CT molecular complexity index is 644. The molecule has 2 rings (SSSR count). The summed E-state index contributed by atoms with van der Waals surface area (Å²) in [7, 11) is 1.36. The number of ether oxygens (including phenoxy) is 2. The van der Waals surface area contributed by atoms with Crippen LogP contribution in [0.1, 0.15) is 48.8 Å². The van der Waals surface area contributed by atoms with Crippen molar-refractivity contribution in [2.24, 2.45) is 0 Å². The lowest BCUT2D eigenvalue weighted by Gasteiger charge is -2.24. The maximum Gasteiger partial charge on any atom is 0.410 e. The summed E-state index contributed by atoms with van der Waals surface area (Å²) in [5.74, 6) is 0.310. The lowest BCUT2D eigenvalue weighted by Crippen LogP contribution is -2.36. The van der Waals surface area contributed by atoms with E-state index in [2.05, 4.69) is 10.3 Å². The van der Waals surface area contributed by atoms with Crippen molar-refractivity contribution in [1.82, 2.24) is 9.88 Å². The Kier molecular flexibility index (Phi) is 5.55. The third-order valence-electron chi connectivity index (χ3n) is 3.98. The molecule has 7 nitrogen and oxygen atoms in total. The first-order valence-electron chi connectivity index (χ1n) is 8.41. The fourth-order valence-electron chi connectivity index (χ4n) is 2.90. The minimum absolute atomic E-state index is 0.0998. The molecule has 1 saturated heterocycles. The summed E-state index contributed by atoms with van der Waals surface area (Å²) in [6.45, 7) is 10.4. The van der Waals surface area contributed by atoms with Gasteiger partial charge in [-0.05, 0) is 52.7 Å². The summed E-state index contributed by atoms with van der Waals surface area (Å²) in [6, 6.07) is 1.93. The molecule has 0 radical (unpaired) electrons. The van der Waals surface area contributed by atoms with Crippen LogP contribution < -0.4 is 5.32 Å². The maximum atomic E-state index is 12.1. The molecule has 1 aliphatic heterocycles. The smallest absolute Gasteiger partial charge is 0.410 e. The number of amides is 1. The Morgan fingerprint density at radius 1 is 1.32 bits per heavy atom. The molecule has 1 amide bonds. The molecule has 1 aliphatic rings. The maximum absolute atomic E-state index is 12.1. The van der Waals surface area contributed by atoms with Crippen molar-refractivity contribution in [1.29, 1.82) is 0 Å². The van der Waals surface area contributed by atoms with Gasteiger partial charge in [-0.1, -0.05) is 0 Å². The number of hydrogen-bond acceptors (Lipinski definition) is 6. The lowest BCUT2D eigenvalue weighted by molar-refractivity contribution is 0.0293. The number of likely N-dealkylation sites (tertiary alicyclic amines) is 1. The Labute approximate surface area is 148 Å². The molecule has 1 N–H and O–H groups in total. The Balaban J connectivity index is 2.02. The number of anilines is 1. The van der Waals surface area contributed by atoms with Crippen molar-refractivity contribution in [3.8, 4) is 0 Å². The van der Waals surface area contributed by atoms with E-state index in [9.17, 15) is 9.59 Å². The number of nitrogens with zero attached hydrogens (tertiary/aromatic N) is 2. The highest BCUT2D eigenvalue weighted by Gasteiger charge is 2.30. The second-order valence-electron chi connectivity index (χ2n) is 7.33. The van der Waals surface area contributed by atoms with E-state index < -0.39 is 5.60 Å². The van der Waals surface area contributed by atoms with Gasteiger partial charge < -0.3 is 19.7 Å². The number of hydrogen-bond donors (Lipinski definition) is 1. The summed E-state index contributed by atoms with van der Waals surface area (Å²) >= 11 is 0. The van der Waals surface area contributed by atoms with Gasteiger partial charge >= 0.3 is 12.1 Å². The highest BCUT2D eigenvalue weighted by Crippen LogP contribution is 2.21. The summed E-state index contributed by atoms with van der Waals surface area (Å²) in [5.41, 5.74) is 1.43. The minimum Gasteiger partial charge on any atom is -0.465 e. The largest absolute Gasteiger partial charge is 0.465 e. The third-order valence-corrected chi connectivity index (χ3v) is 3.98. The quantitative estimate of drug-likeness (QED) is 0.845. The number of nitrogens with one attached hydrogen (secondary N) is 1. The van der Waals surface area contributed by atoms with Gasteiger partial charge in [0.05, 0.1) is 18.4 Å². The number of aryl methyl sites for hydroxylation is 2. The molecular formula is C18H27N3O4. The van der Waals surface area contributed by atoms with E-state index in [1.165, 1.54) is 7.11 Å². The predicted molar refractivity (Wildman–Crippen MR) is 94.9 cm³/mol. The van der Waals surface area contributed by atoms with Crippen LogP contribution >= 0.6 is 0 Å². The van der Waals surface area contributed by atoms with Gasteiger partial charge in [-0.15, -0.1) is 0 Å². The van der Waals surface area contributed by atoms with Crippen LogP contribution in [0.3, 0.4) is 0 Å². The average molecular weight is 349 g/mol. The van der Waals surface area contributed by atoms with Crippen molar-refractivity contribution in [3.63, 3.8) is 0 Å². The molecule has 138 valence electrons. The van der Waals surface area contributed by atoms with Crippen molar-refractivity contribution in [2.45, 2.75) is 52.7 Å². The molecule has 1 atom stereocenters. The number of carbonyl (C=O) groups excluding carboxylic acids is 2. The first kappa shape index (κ1) is 19.0. The number of methoxy groups -OCH3 is 1. The van der Waals surface area contributed by atoms with Crippen molar-refractivity contribution in [3.05, 3.63) is 22.9 Å². The molecule has 1 aromatic rings. The Hall–Kier alpha value is -2.31. The number of esters is 1. The fraction of sp³-hybridized carbons (Fsp3) is 0.611. The van der Waals surface area contributed by atoms with Gasteiger partial charge in [0.15, 0.2) is 0 Å². The molecule has 1 aromatic heterocycles. The van der Waals surface area contributed by atoms with Gasteiger partial charge in [0.2, 0.25) is 0 Å². The highest BCUT2D eigenvalue weighted by molar-refractivity contribution is 5.92. The number of carbonyl (C=O) groups is 2. The van der Waals surface area contributed by atoms with Gasteiger partial charge in [-0.3, -0.25) is 0 Å². The summed E-state index contributed by atoms with van der Waals surface area (Å²) < 4.78 is 10.2. The second kappa shape index (κ2) is 7.29. The molecule has 1 fully saturated rings. The SMILES string of the molecule is COC(=O)c1c(C)cc(N[C@@H]2CCN(C(=O)OC(C)(C)C)C2)nc1C. The summed E-state index contributed by atoms with van der Waals surface area (Å²) in [5, 5.41) is 3.34. The molecule has 2 heterocycles. The lowest BCUT2D eigenvalue weighted by atomic mass is 10.1. The van der Waals surface area contributed by atoms with Crippen LogP contribution in [0.4, 0.5) is 10.6 Å². The van der Waals surface area contributed by atoms with Gasteiger partial charge in [0.25, 0.3) is 0 Å². The summed E-state index contributed by atoms with van der Waals surface area (Å²) in [4.78, 5) is 30.1. The van der Waals surface area contributed by atoms with Crippen molar-refractivity contribution in [2.75, 3.05) is 25.5 Å². The van der Waals surface area contributed by atoms with Crippen LogP contribution in [0, 0.1) is 13.8 Å². The zero-order chi connectivity index (χ0) is 18.8. The van der Waals surface area contributed by atoms with Crippen LogP contribution in [-0.2, 0) is 9.47 Å². The van der Waals surface area contributed by atoms with Crippen LogP contribution in [0.15, 0.2) is 6.07 Å². The molecule has 0 unspecified atom stereocenters. The van der Waals surface area contributed by atoms with E-state index in [0.29, 0.717) is 30.2 Å². The molecule has 0 bridgehead atoms. The molecular weight excluding hydrogens is 322 g/mol. The fourth-order valence-corrected chi connectivity index (χ4v) is 2.90. The van der Waals surface area contributed by atoms with E-state index in [1.807, 2.05) is 33.8 Å².